The lowest BCUT2D eigenvalue weighted by atomic mass is 10.0. The second-order valence-corrected chi connectivity index (χ2v) is 7.49. The summed E-state index contributed by atoms with van der Waals surface area (Å²) in [5, 5.41) is 3.57. The Balaban J connectivity index is 1.69. The Morgan fingerprint density at radius 3 is 2.32 bits per heavy atom. The Morgan fingerprint density at radius 1 is 1.10 bits per heavy atom. The van der Waals surface area contributed by atoms with E-state index in [1.54, 1.807) is 13.1 Å². The highest BCUT2D eigenvalue weighted by Gasteiger charge is 2.24. The van der Waals surface area contributed by atoms with Gasteiger partial charge < -0.3 is 19.5 Å². The summed E-state index contributed by atoms with van der Waals surface area (Å²) >= 11 is 0. The first-order chi connectivity index (χ1) is 15.1. The molecule has 7 nitrogen and oxygen atoms in total. The van der Waals surface area contributed by atoms with E-state index in [0.717, 1.165) is 43.7 Å². The third-order valence-electron chi connectivity index (χ3n) is 5.23. The van der Waals surface area contributed by atoms with Gasteiger partial charge in [-0.3, -0.25) is 9.88 Å². The summed E-state index contributed by atoms with van der Waals surface area (Å²) in [7, 11) is 0. The quantitative estimate of drug-likeness (QED) is 0.572. The number of likely N-dealkylation sites (tertiary alicyclic amines) is 1. The summed E-state index contributed by atoms with van der Waals surface area (Å²) in [5.41, 5.74) is 2.51. The zero-order valence-electron chi connectivity index (χ0n) is 18.7. The highest BCUT2D eigenvalue weighted by atomic mass is 16.5. The van der Waals surface area contributed by atoms with E-state index in [1.807, 2.05) is 38.2 Å². The van der Waals surface area contributed by atoms with Crippen molar-refractivity contribution in [1.82, 2.24) is 9.88 Å². The summed E-state index contributed by atoms with van der Waals surface area (Å²) in [6, 6.07) is 8.33. The Labute approximate surface area is 184 Å². The second kappa shape index (κ2) is 11.6. The minimum atomic E-state index is -0.414. The molecule has 0 bridgehead atoms. The van der Waals surface area contributed by atoms with Crippen LogP contribution in [0.3, 0.4) is 0 Å². The van der Waals surface area contributed by atoms with Crippen molar-refractivity contribution in [2.45, 2.75) is 46.2 Å². The lowest BCUT2D eigenvalue weighted by molar-refractivity contribution is 0.0517. The fourth-order valence-corrected chi connectivity index (χ4v) is 3.86. The van der Waals surface area contributed by atoms with Gasteiger partial charge in [0, 0.05) is 38.1 Å². The highest BCUT2D eigenvalue weighted by molar-refractivity contribution is 5.96. The number of aromatic nitrogens is 1. The van der Waals surface area contributed by atoms with E-state index in [1.165, 1.54) is 0 Å². The molecule has 1 aliphatic heterocycles. The molecule has 0 amide bonds. The van der Waals surface area contributed by atoms with Gasteiger partial charge in [0.15, 0.2) is 0 Å². The number of esters is 1. The molecule has 1 aromatic carbocycles. The summed E-state index contributed by atoms with van der Waals surface area (Å²) in [6.07, 6.45) is 5.77. The lowest BCUT2D eigenvalue weighted by Gasteiger charge is -2.33. The van der Waals surface area contributed by atoms with E-state index in [9.17, 15) is 4.79 Å². The smallest absolute Gasteiger partial charge is 0.345 e. The summed E-state index contributed by atoms with van der Waals surface area (Å²) in [6.45, 7) is 9.60. The number of anilines is 1. The molecule has 0 spiro atoms. The van der Waals surface area contributed by atoms with Crippen molar-refractivity contribution in [3.8, 4) is 11.5 Å². The molecule has 1 saturated heterocycles. The predicted octanol–water partition coefficient (Wildman–Crippen LogP) is 4.13. The number of hydrogen-bond donors (Lipinski definition) is 1. The van der Waals surface area contributed by atoms with Crippen LogP contribution in [0.15, 0.2) is 36.7 Å². The van der Waals surface area contributed by atoms with Gasteiger partial charge in [0.1, 0.15) is 17.1 Å². The van der Waals surface area contributed by atoms with E-state index in [2.05, 4.69) is 21.3 Å². The molecule has 1 aliphatic rings. The van der Waals surface area contributed by atoms with Crippen molar-refractivity contribution in [3.05, 3.63) is 47.8 Å². The molecule has 2 heterocycles. The molecule has 1 N–H and O–H groups in total. The van der Waals surface area contributed by atoms with Gasteiger partial charge >= 0.3 is 5.97 Å². The van der Waals surface area contributed by atoms with Gasteiger partial charge in [-0.1, -0.05) is 0 Å². The van der Waals surface area contributed by atoms with E-state index >= 15 is 0 Å². The summed E-state index contributed by atoms with van der Waals surface area (Å²) < 4.78 is 16.8. The zero-order chi connectivity index (χ0) is 22.1. The first-order valence-electron chi connectivity index (χ1n) is 11.1. The number of hydrogen-bond acceptors (Lipinski definition) is 7. The molecule has 1 aromatic heterocycles. The average Bonchev–Trinajstić information content (AvgIpc) is 2.76. The molecule has 168 valence electrons. The first-order valence-corrected chi connectivity index (χ1v) is 11.1. The summed E-state index contributed by atoms with van der Waals surface area (Å²) in [4.78, 5) is 19.1. The van der Waals surface area contributed by atoms with Crippen molar-refractivity contribution < 1.29 is 19.0 Å². The summed E-state index contributed by atoms with van der Waals surface area (Å²) in [5.74, 6) is 0.633. The van der Waals surface area contributed by atoms with Gasteiger partial charge in [-0.15, -0.1) is 0 Å². The number of ether oxygens (including phenoxy) is 3. The average molecular weight is 428 g/mol. The van der Waals surface area contributed by atoms with E-state index in [4.69, 9.17) is 14.2 Å². The first kappa shape index (κ1) is 22.9. The normalized spacial score (nSPS) is 14.8. The van der Waals surface area contributed by atoms with Crippen molar-refractivity contribution in [2.75, 3.05) is 38.2 Å². The van der Waals surface area contributed by atoms with Crippen LogP contribution >= 0.6 is 0 Å². The maximum absolute atomic E-state index is 12.5. The fraction of sp³-hybridized carbons (Fsp3) is 0.500. The highest BCUT2D eigenvalue weighted by Crippen LogP contribution is 2.33. The number of rotatable bonds is 10. The Kier molecular flexibility index (Phi) is 8.53. The van der Waals surface area contributed by atoms with Crippen LogP contribution in [0.5, 0.6) is 11.5 Å². The van der Waals surface area contributed by atoms with Crippen molar-refractivity contribution in [3.63, 3.8) is 0 Å². The Bertz CT molecular complexity index is 809. The van der Waals surface area contributed by atoms with Gasteiger partial charge in [0.2, 0.25) is 0 Å². The second-order valence-electron chi connectivity index (χ2n) is 7.49. The molecule has 0 saturated carbocycles. The van der Waals surface area contributed by atoms with Crippen molar-refractivity contribution >= 4 is 11.7 Å². The Hall–Kier alpha value is -2.80. The van der Waals surface area contributed by atoms with Crippen molar-refractivity contribution in [2.24, 2.45) is 0 Å². The van der Waals surface area contributed by atoms with Crippen LogP contribution in [0.4, 0.5) is 5.69 Å². The number of carbonyl (C=O) groups is 1. The lowest BCUT2D eigenvalue weighted by Crippen LogP contribution is -2.38. The number of nitrogens with zero attached hydrogens (tertiary/aromatic N) is 2. The molecule has 2 aromatic rings. The van der Waals surface area contributed by atoms with E-state index in [0.29, 0.717) is 42.9 Å². The van der Waals surface area contributed by atoms with Crippen LogP contribution in [0.25, 0.3) is 0 Å². The van der Waals surface area contributed by atoms with Crippen LogP contribution in [0.1, 0.15) is 49.5 Å². The topological polar surface area (TPSA) is 72.9 Å². The number of nitrogens with one attached hydrogen (secondary N) is 1. The third kappa shape index (κ3) is 6.34. The molecular formula is C24H33N3O4. The van der Waals surface area contributed by atoms with Gasteiger partial charge in [0.25, 0.3) is 0 Å². The van der Waals surface area contributed by atoms with Gasteiger partial charge in [-0.05, 0) is 63.4 Å². The number of pyridine rings is 1. The van der Waals surface area contributed by atoms with Gasteiger partial charge in [-0.2, -0.15) is 0 Å². The largest absolute Gasteiger partial charge is 0.493 e. The minimum Gasteiger partial charge on any atom is -0.493 e. The Morgan fingerprint density at radius 2 is 1.77 bits per heavy atom. The van der Waals surface area contributed by atoms with E-state index < -0.39 is 5.97 Å². The molecule has 31 heavy (non-hydrogen) atoms. The molecule has 0 aliphatic carbocycles. The molecule has 0 atom stereocenters. The fourth-order valence-electron chi connectivity index (χ4n) is 3.86. The molecule has 0 unspecified atom stereocenters. The van der Waals surface area contributed by atoms with Crippen LogP contribution in [-0.2, 0) is 11.3 Å². The molecule has 3 rings (SSSR count). The molecule has 0 radical (unpaired) electrons. The molecule has 7 heteroatoms. The maximum Gasteiger partial charge on any atom is 0.345 e. The van der Waals surface area contributed by atoms with Crippen LogP contribution in [0.2, 0.25) is 0 Å². The maximum atomic E-state index is 12.5. The van der Waals surface area contributed by atoms with Gasteiger partial charge in [-0.25, -0.2) is 4.79 Å². The zero-order valence-corrected chi connectivity index (χ0v) is 18.7. The van der Waals surface area contributed by atoms with Crippen LogP contribution < -0.4 is 14.8 Å². The van der Waals surface area contributed by atoms with Gasteiger partial charge in [0.05, 0.1) is 25.5 Å². The van der Waals surface area contributed by atoms with E-state index in [-0.39, 0.29) is 0 Å². The van der Waals surface area contributed by atoms with Crippen LogP contribution in [-0.4, -0.2) is 54.8 Å². The SMILES string of the molecule is CCOC(=O)c1c(OCC)cc(CN2CCC(Nc3cccnc3)CC2)cc1OCC. The van der Waals surface area contributed by atoms with Crippen molar-refractivity contribution in [1.29, 1.82) is 0 Å². The predicted molar refractivity (Wildman–Crippen MR) is 121 cm³/mol. The monoisotopic (exact) mass is 427 g/mol. The number of carbonyl (C=O) groups excluding carboxylic acids is 1. The standard InChI is InChI=1S/C24H33N3O4/c1-4-29-21-14-18(15-22(30-5-2)23(21)24(28)31-6-3)17-27-12-9-19(10-13-27)26-20-8-7-11-25-16-20/h7-8,11,14-16,19,26H,4-6,9-10,12-13,17H2,1-3H3. The number of piperidine rings is 1. The minimum absolute atomic E-state index is 0.305. The third-order valence-corrected chi connectivity index (χ3v) is 5.23. The molecular weight excluding hydrogens is 394 g/mol. The molecule has 1 fully saturated rings. The number of benzene rings is 1. The van der Waals surface area contributed by atoms with Crippen LogP contribution in [0, 0.1) is 0 Å².